The summed E-state index contributed by atoms with van der Waals surface area (Å²) in [5, 5.41) is 17.2. The zero-order valence-electron chi connectivity index (χ0n) is 19.9. The molecule has 4 heterocycles. The highest BCUT2D eigenvalue weighted by atomic mass is 32.1. The molecule has 0 radical (unpaired) electrons. The second-order valence-corrected chi connectivity index (χ2v) is 9.42. The van der Waals surface area contributed by atoms with Crippen LogP contribution in [0.25, 0.3) is 21.5 Å². The number of nitrogens with zero attached hydrogens (tertiary/aromatic N) is 5. The van der Waals surface area contributed by atoms with Gasteiger partial charge in [0.2, 0.25) is 5.95 Å². The lowest BCUT2D eigenvalue weighted by Crippen LogP contribution is -2.37. The number of aromatic hydroxyl groups is 1. The van der Waals surface area contributed by atoms with Gasteiger partial charge in [0.25, 0.3) is 0 Å². The first-order valence-corrected chi connectivity index (χ1v) is 12.5. The van der Waals surface area contributed by atoms with Gasteiger partial charge < -0.3 is 24.7 Å². The molecular weight excluding hydrogens is 523 g/mol. The Morgan fingerprint density at radius 1 is 1.05 bits per heavy atom. The van der Waals surface area contributed by atoms with Crippen LogP contribution in [0.4, 0.5) is 30.6 Å². The first-order valence-electron chi connectivity index (χ1n) is 11.6. The number of hydrogen-bond acceptors (Lipinski definition) is 9. The Bertz CT molecular complexity index is 1470. The third-order valence-electron chi connectivity index (χ3n) is 6.10. The molecule has 198 valence electrons. The number of anilines is 3. The Kier molecular flexibility index (Phi) is 7.04. The van der Waals surface area contributed by atoms with Gasteiger partial charge in [-0.25, -0.2) is 14.8 Å². The predicted molar refractivity (Wildman–Crippen MR) is 136 cm³/mol. The Morgan fingerprint density at radius 2 is 1.82 bits per heavy atom. The number of fused-ring (bicyclic) bond motifs is 2. The normalized spacial score (nSPS) is 15.2. The van der Waals surface area contributed by atoms with E-state index in [9.17, 15) is 18.3 Å². The van der Waals surface area contributed by atoms with Crippen LogP contribution in [-0.2, 0) is 16.0 Å². The van der Waals surface area contributed by atoms with Crippen molar-refractivity contribution in [2.45, 2.75) is 12.6 Å². The summed E-state index contributed by atoms with van der Waals surface area (Å²) < 4.78 is 38.4. The molecule has 9 nitrogen and oxygen atoms in total. The fourth-order valence-electron chi connectivity index (χ4n) is 4.30. The van der Waals surface area contributed by atoms with E-state index in [0.29, 0.717) is 19.2 Å². The molecule has 2 aliphatic rings. The number of aliphatic carboxylic acids is 1. The Morgan fingerprint density at radius 3 is 2.53 bits per heavy atom. The number of phenolic OH excluding ortho intramolecular Hbond substituents is 1. The number of rotatable bonds is 3. The number of morpholine rings is 1. The van der Waals surface area contributed by atoms with Gasteiger partial charge in [-0.3, -0.25) is 0 Å². The lowest BCUT2D eigenvalue weighted by atomic mass is 10.1. The molecule has 0 bridgehead atoms. The smallest absolute Gasteiger partial charge is 0.490 e. The second kappa shape index (κ2) is 10.4. The number of phenols is 1. The summed E-state index contributed by atoms with van der Waals surface area (Å²) in [6.45, 7) is 3.73. The molecule has 0 spiro atoms. The van der Waals surface area contributed by atoms with Gasteiger partial charge in [0.05, 0.1) is 34.6 Å². The molecule has 2 aliphatic heterocycles. The fraction of sp³-hybridized carbons (Fsp3) is 0.280. The summed E-state index contributed by atoms with van der Waals surface area (Å²) in [5.41, 5.74) is 6.93. The maximum Gasteiger partial charge on any atom is 0.490 e. The van der Waals surface area contributed by atoms with Crippen LogP contribution in [0.15, 0.2) is 48.0 Å². The standard InChI is InChI=1S/C23H21N5O2S.C2HF3O2/c29-17-3-1-2-15(12-17)21-18-6-7-28(16-4-5-19-20(13-16)31-14-24-19)22(18)26-23(25-21)27-8-10-30-11-9-27;3-2(4,5)1(6)7/h1-5,12-14,29H,6-11H2;(H,6,7). The van der Waals surface area contributed by atoms with Gasteiger partial charge in [0, 0.05) is 36.4 Å². The third kappa shape index (κ3) is 5.34. The van der Waals surface area contributed by atoms with Crippen molar-refractivity contribution in [3.05, 3.63) is 53.5 Å². The zero-order valence-corrected chi connectivity index (χ0v) is 20.7. The van der Waals surface area contributed by atoms with Crippen LogP contribution >= 0.6 is 11.3 Å². The third-order valence-corrected chi connectivity index (χ3v) is 6.89. The molecule has 0 unspecified atom stereocenters. The highest BCUT2D eigenvalue weighted by Crippen LogP contribution is 2.40. The first kappa shape index (κ1) is 25.7. The van der Waals surface area contributed by atoms with Crippen LogP contribution in [0, 0.1) is 0 Å². The van der Waals surface area contributed by atoms with Gasteiger partial charge in [-0.1, -0.05) is 12.1 Å². The van der Waals surface area contributed by atoms with Crippen molar-refractivity contribution in [2.24, 2.45) is 0 Å². The van der Waals surface area contributed by atoms with E-state index in [-0.39, 0.29) is 5.75 Å². The molecule has 0 atom stereocenters. The van der Waals surface area contributed by atoms with E-state index in [1.807, 2.05) is 17.6 Å². The molecule has 2 aromatic heterocycles. The summed E-state index contributed by atoms with van der Waals surface area (Å²) >= 11 is 1.65. The van der Waals surface area contributed by atoms with E-state index in [0.717, 1.165) is 59.9 Å². The molecule has 2 N–H and O–H groups in total. The van der Waals surface area contributed by atoms with Crippen LogP contribution in [-0.4, -0.2) is 70.2 Å². The number of carbonyl (C=O) groups is 1. The molecule has 38 heavy (non-hydrogen) atoms. The Hall–Kier alpha value is -3.97. The Balaban J connectivity index is 0.000000374. The second-order valence-electron chi connectivity index (χ2n) is 8.53. The molecule has 1 saturated heterocycles. The lowest BCUT2D eigenvalue weighted by Gasteiger charge is -2.28. The number of thiazole rings is 1. The van der Waals surface area contributed by atoms with Crippen molar-refractivity contribution >= 4 is 45.0 Å². The van der Waals surface area contributed by atoms with Crippen LogP contribution in [0.2, 0.25) is 0 Å². The topological polar surface area (TPSA) is 112 Å². The van der Waals surface area contributed by atoms with Crippen molar-refractivity contribution in [1.29, 1.82) is 0 Å². The van der Waals surface area contributed by atoms with Crippen molar-refractivity contribution in [2.75, 3.05) is 42.6 Å². The molecule has 4 aromatic rings. The summed E-state index contributed by atoms with van der Waals surface area (Å²) in [6, 6.07) is 13.7. The molecule has 0 aliphatic carbocycles. The fourth-order valence-corrected chi connectivity index (χ4v) is 5.01. The van der Waals surface area contributed by atoms with Crippen molar-refractivity contribution in [3.8, 4) is 17.0 Å². The number of carboxylic acid groups (broad SMARTS) is 1. The van der Waals surface area contributed by atoms with Gasteiger partial charge >= 0.3 is 12.1 Å². The van der Waals surface area contributed by atoms with E-state index in [4.69, 9.17) is 24.6 Å². The van der Waals surface area contributed by atoms with Crippen molar-refractivity contribution in [1.82, 2.24) is 15.0 Å². The number of hydrogen-bond donors (Lipinski definition) is 2. The first-order chi connectivity index (χ1) is 18.2. The van der Waals surface area contributed by atoms with Gasteiger partial charge in [0.1, 0.15) is 11.6 Å². The SMILES string of the molecule is O=C(O)C(F)(F)F.Oc1cccc(-c2nc(N3CCOCC3)nc3c2CCN3c2ccc3ncsc3c2)c1. The van der Waals surface area contributed by atoms with Gasteiger partial charge in [-0.15, -0.1) is 11.3 Å². The van der Waals surface area contributed by atoms with E-state index in [2.05, 4.69) is 33.0 Å². The van der Waals surface area contributed by atoms with Gasteiger partial charge in [-0.05, 0) is 36.8 Å². The largest absolute Gasteiger partial charge is 0.508 e. The summed E-state index contributed by atoms with van der Waals surface area (Å²) in [4.78, 5) is 27.7. The minimum absolute atomic E-state index is 0.239. The number of carboxylic acids is 1. The average molecular weight is 546 g/mol. The quantitative estimate of drug-likeness (QED) is 0.381. The number of ether oxygens (including phenoxy) is 1. The summed E-state index contributed by atoms with van der Waals surface area (Å²) in [7, 11) is 0. The minimum atomic E-state index is -5.08. The van der Waals surface area contributed by atoms with Crippen LogP contribution in [0.5, 0.6) is 5.75 Å². The van der Waals surface area contributed by atoms with E-state index < -0.39 is 12.1 Å². The van der Waals surface area contributed by atoms with Crippen molar-refractivity contribution < 1.29 is 32.9 Å². The minimum Gasteiger partial charge on any atom is -0.508 e. The van der Waals surface area contributed by atoms with Gasteiger partial charge in [0.15, 0.2) is 0 Å². The molecular formula is C25H22F3N5O4S. The van der Waals surface area contributed by atoms with Crippen molar-refractivity contribution in [3.63, 3.8) is 0 Å². The summed E-state index contributed by atoms with van der Waals surface area (Å²) in [6.07, 6.45) is -4.23. The predicted octanol–water partition coefficient (Wildman–Crippen LogP) is 4.62. The number of halogens is 3. The van der Waals surface area contributed by atoms with Crippen LogP contribution in [0.3, 0.4) is 0 Å². The monoisotopic (exact) mass is 545 g/mol. The number of alkyl halides is 3. The zero-order chi connectivity index (χ0) is 26.9. The van der Waals surface area contributed by atoms with Gasteiger partial charge in [-0.2, -0.15) is 18.2 Å². The maximum absolute atomic E-state index is 10.6. The molecule has 0 amide bonds. The maximum atomic E-state index is 10.6. The highest BCUT2D eigenvalue weighted by Gasteiger charge is 2.38. The average Bonchev–Trinajstić information content (AvgIpc) is 3.55. The van der Waals surface area contributed by atoms with E-state index in [1.54, 1.807) is 23.5 Å². The summed E-state index contributed by atoms with van der Waals surface area (Å²) in [5.74, 6) is -0.861. The van der Waals surface area contributed by atoms with E-state index in [1.165, 1.54) is 4.70 Å². The van der Waals surface area contributed by atoms with Crippen LogP contribution < -0.4 is 9.80 Å². The molecule has 0 saturated carbocycles. The highest BCUT2D eigenvalue weighted by molar-refractivity contribution is 7.16. The lowest BCUT2D eigenvalue weighted by molar-refractivity contribution is -0.192. The molecule has 2 aromatic carbocycles. The molecule has 13 heteroatoms. The molecule has 6 rings (SSSR count). The molecule has 1 fully saturated rings. The Labute approximate surface area is 218 Å². The van der Waals surface area contributed by atoms with Crippen LogP contribution in [0.1, 0.15) is 5.56 Å². The van der Waals surface area contributed by atoms with E-state index >= 15 is 0 Å². The number of benzene rings is 2. The number of aromatic nitrogens is 3.